The number of unbranched alkanes of at least 4 members (excludes halogenated alkanes) is 1. The molecule has 3 nitrogen and oxygen atoms in total. The molecule has 0 radical (unpaired) electrons. The van der Waals surface area contributed by atoms with Crippen LogP contribution in [0.4, 0.5) is 0 Å². The van der Waals surface area contributed by atoms with E-state index in [1.807, 2.05) is 18.5 Å². The number of nitrogens with one attached hydrogen (secondary N) is 1. The highest BCUT2D eigenvalue weighted by Crippen LogP contribution is 2.02. The lowest BCUT2D eigenvalue weighted by atomic mass is 10.2. The fourth-order valence-corrected chi connectivity index (χ4v) is 1.90. The smallest absolute Gasteiger partial charge is 0.0312 e. The highest BCUT2D eigenvalue weighted by molar-refractivity contribution is 5.07. The largest absolute Gasteiger partial charge is 0.316 e. The average molecular weight is 249 g/mol. The molecule has 3 heteroatoms. The highest BCUT2D eigenvalue weighted by Gasteiger charge is 2.00. The third kappa shape index (κ3) is 7.41. The van der Waals surface area contributed by atoms with Crippen LogP contribution < -0.4 is 5.32 Å². The van der Waals surface area contributed by atoms with Crippen molar-refractivity contribution in [2.45, 2.75) is 33.2 Å². The standard InChI is InChI=1S/C15H27N3/c1-14(2)11-16-8-4-5-10-18(3)13-15-7-6-9-17-12-15/h6-7,9,12,14,16H,4-5,8,10-11,13H2,1-3H3. The number of pyridine rings is 1. The second-order valence-corrected chi connectivity index (χ2v) is 5.40. The van der Waals surface area contributed by atoms with Crippen LogP contribution in [-0.2, 0) is 6.54 Å². The van der Waals surface area contributed by atoms with Gasteiger partial charge in [-0.15, -0.1) is 0 Å². The van der Waals surface area contributed by atoms with E-state index < -0.39 is 0 Å². The van der Waals surface area contributed by atoms with Gasteiger partial charge in [0.1, 0.15) is 0 Å². The monoisotopic (exact) mass is 249 g/mol. The van der Waals surface area contributed by atoms with E-state index in [-0.39, 0.29) is 0 Å². The minimum Gasteiger partial charge on any atom is -0.316 e. The van der Waals surface area contributed by atoms with E-state index >= 15 is 0 Å². The van der Waals surface area contributed by atoms with Gasteiger partial charge in [-0.25, -0.2) is 0 Å². The Morgan fingerprint density at radius 1 is 1.33 bits per heavy atom. The Bertz CT molecular complexity index is 298. The summed E-state index contributed by atoms with van der Waals surface area (Å²) in [5, 5.41) is 3.48. The van der Waals surface area contributed by atoms with Crippen LogP contribution in [0.1, 0.15) is 32.3 Å². The van der Waals surface area contributed by atoms with Gasteiger partial charge in [0.25, 0.3) is 0 Å². The van der Waals surface area contributed by atoms with Gasteiger partial charge in [0.05, 0.1) is 0 Å². The topological polar surface area (TPSA) is 28.2 Å². The highest BCUT2D eigenvalue weighted by atomic mass is 15.1. The van der Waals surface area contributed by atoms with Crippen molar-refractivity contribution in [2.24, 2.45) is 5.92 Å². The lowest BCUT2D eigenvalue weighted by Gasteiger charge is -2.16. The predicted octanol–water partition coefficient (Wildman–Crippen LogP) is 2.54. The van der Waals surface area contributed by atoms with Crippen molar-refractivity contribution in [3.8, 4) is 0 Å². The fourth-order valence-electron chi connectivity index (χ4n) is 1.90. The van der Waals surface area contributed by atoms with Crippen molar-refractivity contribution in [3.05, 3.63) is 30.1 Å². The fraction of sp³-hybridized carbons (Fsp3) is 0.667. The van der Waals surface area contributed by atoms with E-state index in [4.69, 9.17) is 0 Å². The molecule has 102 valence electrons. The van der Waals surface area contributed by atoms with Gasteiger partial charge in [0.15, 0.2) is 0 Å². The number of hydrogen-bond donors (Lipinski definition) is 1. The normalized spacial score (nSPS) is 11.4. The molecule has 1 aromatic heterocycles. The molecule has 1 N–H and O–H groups in total. The summed E-state index contributed by atoms with van der Waals surface area (Å²) in [6, 6.07) is 4.13. The van der Waals surface area contributed by atoms with E-state index in [1.54, 1.807) is 0 Å². The molecule has 0 aliphatic carbocycles. The van der Waals surface area contributed by atoms with Gasteiger partial charge in [-0.1, -0.05) is 19.9 Å². The summed E-state index contributed by atoms with van der Waals surface area (Å²) in [4.78, 5) is 6.50. The zero-order chi connectivity index (χ0) is 13.2. The predicted molar refractivity (Wildman–Crippen MR) is 77.5 cm³/mol. The zero-order valence-electron chi connectivity index (χ0n) is 12.0. The van der Waals surface area contributed by atoms with Crippen molar-refractivity contribution in [3.63, 3.8) is 0 Å². The molecule has 0 aliphatic rings. The summed E-state index contributed by atoms with van der Waals surface area (Å²) in [6.07, 6.45) is 6.27. The van der Waals surface area contributed by atoms with Gasteiger partial charge in [0.2, 0.25) is 0 Å². The maximum atomic E-state index is 4.14. The first-order chi connectivity index (χ1) is 8.68. The molecule has 0 atom stereocenters. The summed E-state index contributed by atoms with van der Waals surface area (Å²) < 4.78 is 0. The van der Waals surface area contributed by atoms with Crippen LogP contribution in [0, 0.1) is 5.92 Å². The molecule has 0 amide bonds. The van der Waals surface area contributed by atoms with Crippen molar-refractivity contribution < 1.29 is 0 Å². The number of nitrogens with zero attached hydrogens (tertiary/aromatic N) is 2. The number of rotatable bonds is 9. The maximum absolute atomic E-state index is 4.14. The summed E-state index contributed by atoms with van der Waals surface area (Å²) in [5.41, 5.74) is 1.29. The molecule has 0 spiro atoms. The lowest BCUT2D eigenvalue weighted by molar-refractivity contribution is 0.317. The molecule has 0 fully saturated rings. The van der Waals surface area contributed by atoms with Crippen LogP contribution in [0.3, 0.4) is 0 Å². The Labute approximate surface area is 112 Å². The van der Waals surface area contributed by atoms with Gasteiger partial charge in [-0.3, -0.25) is 4.98 Å². The molecule has 1 heterocycles. The van der Waals surface area contributed by atoms with Crippen LogP contribution in [0.15, 0.2) is 24.5 Å². The van der Waals surface area contributed by atoms with E-state index in [9.17, 15) is 0 Å². The van der Waals surface area contributed by atoms with E-state index in [1.165, 1.54) is 18.4 Å². The van der Waals surface area contributed by atoms with Crippen LogP contribution in [0.5, 0.6) is 0 Å². The molecule has 0 aliphatic heterocycles. The van der Waals surface area contributed by atoms with Crippen molar-refractivity contribution in [2.75, 3.05) is 26.7 Å². The molecular weight excluding hydrogens is 222 g/mol. The van der Waals surface area contributed by atoms with E-state index in [2.05, 4.69) is 42.2 Å². The van der Waals surface area contributed by atoms with Crippen molar-refractivity contribution in [1.82, 2.24) is 15.2 Å². The second kappa shape index (κ2) is 9.06. The first-order valence-corrected chi connectivity index (χ1v) is 6.96. The first-order valence-electron chi connectivity index (χ1n) is 6.96. The van der Waals surface area contributed by atoms with E-state index in [0.29, 0.717) is 0 Å². The molecule has 0 saturated carbocycles. The van der Waals surface area contributed by atoms with Crippen LogP contribution >= 0.6 is 0 Å². The summed E-state index contributed by atoms with van der Waals surface area (Å²) in [6.45, 7) is 8.90. The minimum atomic E-state index is 0.748. The molecular formula is C15H27N3. The van der Waals surface area contributed by atoms with Gasteiger partial charge in [-0.05, 0) is 57.1 Å². The molecule has 0 unspecified atom stereocenters. The Hall–Kier alpha value is -0.930. The molecule has 0 saturated heterocycles. The van der Waals surface area contributed by atoms with Crippen LogP contribution in [-0.4, -0.2) is 36.6 Å². The molecule has 0 aromatic carbocycles. The van der Waals surface area contributed by atoms with E-state index in [0.717, 1.165) is 32.1 Å². The van der Waals surface area contributed by atoms with Gasteiger partial charge >= 0.3 is 0 Å². The summed E-state index contributed by atoms with van der Waals surface area (Å²) in [5.74, 6) is 0.748. The summed E-state index contributed by atoms with van der Waals surface area (Å²) >= 11 is 0. The van der Waals surface area contributed by atoms with Gasteiger partial charge < -0.3 is 10.2 Å². The zero-order valence-corrected chi connectivity index (χ0v) is 12.0. The molecule has 0 bridgehead atoms. The maximum Gasteiger partial charge on any atom is 0.0312 e. The Balaban J connectivity index is 2.02. The number of aromatic nitrogens is 1. The number of hydrogen-bond acceptors (Lipinski definition) is 3. The lowest BCUT2D eigenvalue weighted by Crippen LogP contribution is -2.23. The van der Waals surface area contributed by atoms with Gasteiger partial charge in [0, 0.05) is 18.9 Å². The first kappa shape index (κ1) is 15.1. The van der Waals surface area contributed by atoms with Crippen molar-refractivity contribution >= 4 is 0 Å². The molecule has 1 rings (SSSR count). The third-order valence-electron chi connectivity index (χ3n) is 2.87. The van der Waals surface area contributed by atoms with Crippen molar-refractivity contribution in [1.29, 1.82) is 0 Å². The Morgan fingerprint density at radius 2 is 2.17 bits per heavy atom. The van der Waals surface area contributed by atoms with Crippen LogP contribution in [0.25, 0.3) is 0 Å². The van der Waals surface area contributed by atoms with Gasteiger partial charge in [-0.2, -0.15) is 0 Å². The summed E-state index contributed by atoms with van der Waals surface area (Å²) in [7, 11) is 2.18. The average Bonchev–Trinajstić information content (AvgIpc) is 2.34. The Morgan fingerprint density at radius 3 is 2.83 bits per heavy atom. The minimum absolute atomic E-state index is 0.748. The van der Waals surface area contributed by atoms with Crippen LogP contribution in [0.2, 0.25) is 0 Å². The quantitative estimate of drug-likeness (QED) is 0.682. The second-order valence-electron chi connectivity index (χ2n) is 5.40. The Kier molecular flexibility index (Phi) is 7.62. The third-order valence-corrected chi connectivity index (χ3v) is 2.87. The molecule has 18 heavy (non-hydrogen) atoms. The SMILES string of the molecule is CC(C)CNCCCCN(C)Cc1cccnc1. The molecule has 1 aromatic rings.